The fraction of sp³-hybridized carbons (Fsp3) is 0.143. The highest BCUT2D eigenvalue weighted by Gasteiger charge is 2.14. The number of methoxy groups -OCH3 is 1. The first kappa shape index (κ1) is 19.0. The molecule has 7 heteroatoms. The van der Waals surface area contributed by atoms with Crippen LogP contribution in [0.1, 0.15) is 5.56 Å². The minimum atomic E-state index is -0.451. The molecule has 28 heavy (non-hydrogen) atoms. The van der Waals surface area contributed by atoms with Gasteiger partial charge in [-0.2, -0.15) is 10.4 Å². The number of nitrogens with one attached hydrogen (secondary N) is 1. The Morgan fingerprint density at radius 2 is 2.00 bits per heavy atom. The van der Waals surface area contributed by atoms with E-state index in [0.29, 0.717) is 24.4 Å². The number of aromatic nitrogens is 3. The highest BCUT2D eigenvalue weighted by atomic mass is 16.5. The monoisotopic (exact) mass is 373 g/mol. The van der Waals surface area contributed by atoms with Crippen molar-refractivity contribution < 1.29 is 9.53 Å². The summed E-state index contributed by atoms with van der Waals surface area (Å²) in [5, 5.41) is 16.8. The highest BCUT2D eigenvalue weighted by molar-refractivity contribution is 6.02. The number of carbonyl (C=O) groups is 1. The number of rotatable bonds is 7. The van der Waals surface area contributed by atoms with Crippen LogP contribution in [0.2, 0.25) is 0 Å². The Morgan fingerprint density at radius 3 is 2.68 bits per heavy atom. The van der Waals surface area contributed by atoms with Crippen molar-refractivity contribution in [2.75, 3.05) is 20.3 Å². The maximum Gasteiger partial charge on any atom is 0.262 e. The second kappa shape index (κ2) is 9.26. The summed E-state index contributed by atoms with van der Waals surface area (Å²) >= 11 is 0. The molecular weight excluding hydrogens is 354 g/mol. The summed E-state index contributed by atoms with van der Waals surface area (Å²) in [6.07, 6.45) is 6.69. The molecule has 0 fully saturated rings. The Morgan fingerprint density at radius 1 is 1.25 bits per heavy atom. The SMILES string of the molecule is COCCNC(=O)/C(C#N)=C\c1cn(-c2ccccc2)nc1-c1ccncc1. The number of hydrogen-bond donors (Lipinski definition) is 1. The van der Waals surface area contributed by atoms with E-state index < -0.39 is 5.91 Å². The molecule has 2 heterocycles. The van der Waals surface area contributed by atoms with Crippen molar-refractivity contribution in [3.8, 4) is 23.0 Å². The molecule has 1 N–H and O–H groups in total. The summed E-state index contributed by atoms with van der Waals surface area (Å²) in [6.45, 7) is 0.702. The van der Waals surface area contributed by atoms with Gasteiger partial charge in [-0.3, -0.25) is 9.78 Å². The molecule has 0 unspecified atom stereocenters. The molecule has 1 aromatic carbocycles. The van der Waals surface area contributed by atoms with Crippen LogP contribution >= 0.6 is 0 Å². The average molecular weight is 373 g/mol. The lowest BCUT2D eigenvalue weighted by atomic mass is 10.1. The quantitative estimate of drug-likeness (QED) is 0.390. The molecule has 0 aliphatic rings. The summed E-state index contributed by atoms with van der Waals surface area (Å²) in [6, 6.07) is 15.3. The predicted octanol–water partition coefficient (Wildman–Crippen LogP) is 2.60. The Hall–Kier alpha value is -3.76. The van der Waals surface area contributed by atoms with Gasteiger partial charge in [-0.25, -0.2) is 4.68 Å². The number of hydrogen-bond acceptors (Lipinski definition) is 5. The number of ether oxygens (including phenoxy) is 1. The van der Waals surface area contributed by atoms with Gasteiger partial charge in [0.05, 0.1) is 12.3 Å². The van der Waals surface area contributed by atoms with E-state index in [4.69, 9.17) is 4.74 Å². The van der Waals surface area contributed by atoms with Crippen LogP contribution in [-0.2, 0) is 9.53 Å². The molecule has 0 aliphatic heterocycles. The maximum atomic E-state index is 12.3. The summed E-state index contributed by atoms with van der Waals surface area (Å²) < 4.78 is 6.64. The molecule has 1 amide bonds. The van der Waals surface area contributed by atoms with Gasteiger partial charge in [0.15, 0.2) is 0 Å². The van der Waals surface area contributed by atoms with Crippen LogP contribution in [0.25, 0.3) is 23.0 Å². The van der Waals surface area contributed by atoms with E-state index in [-0.39, 0.29) is 5.57 Å². The summed E-state index contributed by atoms with van der Waals surface area (Å²) in [5.74, 6) is -0.451. The molecule has 140 valence electrons. The van der Waals surface area contributed by atoms with Gasteiger partial charge in [0.1, 0.15) is 17.3 Å². The van der Waals surface area contributed by atoms with Crippen molar-refractivity contribution in [3.05, 3.63) is 72.2 Å². The van der Waals surface area contributed by atoms with E-state index in [1.807, 2.05) is 48.5 Å². The molecule has 0 atom stereocenters. The topological polar surface area (TPSA) is 92.8 Å². The fourth-order valence-corrected chi connectivity index (χ4v) is 2.61. The van der Waals surface area contributed by atoms with Gasteiger partial charge >= 0.3 is 0 Å². The van der Waals surface area contributed by atoms with Crippen LogP contribution in [0.4, 0.5) is 0 Å². The first-order valence-electron chi connectivity index (χ1n) is 8.67. The van der Waals surface area contributed by atoms with Crippen LogP contribution in [0.3, 0.4) is 0 Å². The lowest BCUT2D eigenvalue weighted by Gasteiger charge is -2.03. The second-order valence-electron chi connectivity index (χ2n) is 5.87. The van der Waals surface area contributed by atoms with Gasteiger partial charge < -0.3 is 10.1 Å². The Kier molecular flexibility index (Phi) is 6.29. The normalized spacial score (nSPS) is 11.1. The third-order valence-electron chi connectivity index (χ3n) is 3.97. The van der Waals surface area contributed by atoms with Crippen LogP contribution in [0.15, 0.2) is 66.6 Å². The molecule has 2 aromatic heterocycles. The summed E-state index contributed by atoms with van der Waals surface area (Å²) in [7, 11) is 1.55. The minimum absolute atomic E-state index is 0.000907. The fourth-order valence-electron chi connectivity index (χ4n) is 2.61. The van der Waals surface area contributed by atoms with Crippen molar-refractivity contribution in [1.29, 1.82) is 5.26 Å². The smallest absolute Gasteiger partial charge is 0.262 e. The van der Waals surface area contributed by atoms with Gasteiger partial charge in [-0.05, 0) is 30.3 Å². The van der Waals surface area contributed by atoms with Gasteiger partial charge in [-0.1, -0.05) is 18.2 Å². The number of pyridine rings is 1. The average Bonchev–Trinajstić information content (AvgIpc) is 3.17. The van der Waals surface area contributed by atoms with Crippen LogP contribution in [-0.4, -0.2) is 40.9 Å². The van der Waals surface area contributed by atoms with E-state index in [1.54, 1.807) is 36.5 Å². The number of para-hydroxylation sites is 1. The van der Waals surface area contributed by atoms with Crippen molar-refractivity contribution in [1.82, 2.24) is 20.1 Å². The standard InChI is InChI=1S/C21H19N5O2/c1-28-12-11-24-21(27)17(14-22)13-18-15-26(19-5-3-2-4-6-19)25-20(18)16-7-9-23-10-8-16/h2-10,13,15H,11-12H2,1H3,(H,24,27)/b17-13-. The van der Waals surface area contributed by atoms with Gasteiger partial charge in [0.2, 0.25) is 0 Å². The summed E-state index contributed by atoms with van der Waals surface area (Å²) in [5.41, 5.74) is 3.03. The number of benzene rings is 1. The van der Waals surface area contributed by atoms with E-state index in [2.05, 4.69) is 15.4 Å². The van der Waals surface area contributed by atoms with Crippen LogP contribution < -0.4 is 5.32 Å². The van der Waals surface area contributed by atoms with Gasteiger partial charge in [0, 0.05) is 43.4 Å². The minimum Gasteiger partial charge on any atom is -0.383 e. The molecule has 0 saturated heterocycles. The lowest BCUT2D eigenvalue weighted by molar-refractivity contribution is -0.117. The number of amides is 1. The number of nitriles is 1. The zero-order chi connectivity index (χ0) is 19.8. The Bertz CT molecular complexity index is 1000. The van der Waals surface area contributed by atoms with Crippen LogP contribution in [0.5, 0.6) is 0 Å². The molecule has 0 bridgehead atoms. The molecule has 0 aliphatic carbocycles. The number of nitrogens with zero attached hydrogens (tertiary/aromatic N) is 4. The predicted molar refractivity (Wildman–Crippen MR) is 105 cm³/mol. The van der Waals surface area contributed by atoms with Gasteiger partial charge in [0.25, 0.3) is 5.91 Å². The van der Waals surface area contributed by atoms with E-state index in [1.165, 1.54) is 0 Å². The zero-order valence-corrected chi connectivity index (χ0v) is 15.4. The Labute approximate surface area is 162 Å². The van der Waals surface area contributed by atoms with Gasteiger partial charge in [-0.15, -0.1) is 0 Å². The molecule has 0 radical (unpaired) electrons. The summed E-state index contributed by atoms with van der Waals surface area (Å²) in [4.78, 5) is 16.3. The molecule has 0 spiro atoms. The van der Waals surface area contributed by atoms with E-state index >= 15 is 0 Å². The van der Waals surface area contributed by atoms with Crippen molar-refractivity contribution >= 4 is 12.0 Å². The van der Waals surface area contributed by atoms with Crippen molar-refractivity contribution in [2.24, 2.45) is 0 Å². The molecule has 0 saturated carbocycles. The molecule has 7 nitrogen and oxygen atoms in total. The van der Waals surface area contributed by atoms with Crippen molar-refractivity contribution in [3.63, 3.8) is 0 Å². The number of carbonyl (C=O) groups excluding carboxylic acids is 1. The molecule has 3 aromatic rings. The third kappa shape index (κ3) is 4.50. The van der Waals surface area contributed by atoms with Crippen molar-refractivity contribution in [2.45, 2.75) is 0 Å². The second-order valence-corrected chi connectivity index (χ2v) is 5.87. The van der Waals surface area contributed by atoms with E-state index in [0.717, 1.165) is 11.3 Å². The van der Waals surface area contributed by atoms with Crippen LogP contribution in [0, 0.1) is 11.3 Å². The first-order valence-corrected chi connectivity index (χ1v) is 8.67. The van der Waals surface area contributed by atoms with E-state index in [9.17, 15) is 10.1 Å². The Balaban J connectivity index is 2.02. The lowest BCUT2D eigenvalue weighted by Crippen LogP contribution is -2.27. The molecule has 3 rings (SSSR count). The maximum absolute atomic E-state index is 12.3. The third-order valence-corrected chi connectivity index (χ3v) is 3.97. The highest BCUT2D eigenvalue weighted by Crippen LogP contribution is 2.25. The first-order chi connectivity index (χ1) is 13.7. The molecular formula is C21H19N5O2. The zero-order valence-electron chi connectivity index (χ0n) is 15.4. The largest absolute Gasteiger partial charge is 0.383 e.